The predicted octanol–water partition coefficient (Wildman–Crippen LogP) is 4.22. The molecule has 0 aliphatic carbocycles. The van der Waals surface area contributed by atoms with Crippen LogP contribution in [0.5, 0.6) is 0 Å². The van der Waals surface area contributed by atoms with E-state index in [1.165, 1.54) is 12.3 Å². The number of amides is 2. The fraction of sp³-hybridized carbons (Fsp3) is 0.100. The van der Waals surface area contributed by atoms with Crippen molar-refractivity contribution in [3.05, 3.63) is 76.5 Å². The van der Waals surface area contributed by atoms with Gasteiger partial charge >= 0.3 is 0 Å². The average molecular weight is 401 g/mol. The third kappa shape index (κ3) is 5.32. The van der Waals surface area contributed by atoms with Crippen LogP contribution in [0.25, 0.3) is 16.5 Å². The van der Waals surface area contributed by atoms with E-state index in [9.17, 15) is 9.59 Å². The van der Waals surface area contributed by atoms with Crippen molar-refractivity contribution in [2.45, 2.75) is 0 Å². The number of halogens is 1. The summed E-state index contributed by atoms with van der Waals surface area (Å²) in [5.41, 5.74) is 0.973. The van der Waals surface area contributed by atoms with Crippen LogP contribution >= 0.6 is 22.9 Å². The summed E-state index contributed by atoms with van der Waals surface area (Å²) in [4.78, 5) is 25.5. The monoisotopic (exact) mass is 400 g/mol. The topological polar surface area (TPSA) is 71.3 Å². The second-order valence-corrected chi connectivity index (χ2v) is 7.06. The molecule has 27 heavy (non-hydrogen) atoms. The lowest BCUT2D eigenvalue weighted by atomic mass is 10.2. The van der Waals surface area contributed by atoms with E-state index < -0.39 is 0 Å². The predicted molar refractivity (Wildman–Crippen MR) is 108 cm³/mol. The van der Waals surface area contributed by atoms with E-state index in [-0.39, 0.29) is 17.6 Å². The number of benzene rings is 1. The summed E-state index contributed by atoms with van der Waals surface area (Å²) in [7, 11) is 0. The van der Waals surface area contributed by atoms with Crippen LogP contribution in [0, 0.1) is 0 Å². The first-order valence-corrected chi connectivity index (χ1v) is 9.45. The van der Waals surface area contributed by atoms with Crippen LogP contribution < -0.4 is 10.6 Å². The minimum Gasteiger partial charge on any atom is -0.459 e. The highest BCUT2D eigenvalue weighted by Gasteiger charge is 2.07. The highest BCUT2D eigenvalue weighted by Crippen LogP contribution is 2.33. The molecule has 0 spiro atoms. The van der Waals surface area contributed by atoms with E-state index in [4.69, 9.17) is 16.0 Å². The van der Waals surface area contributed by atoms with Gasteiger partial charge in [0.05, 0.1) is 6.26 Å². The first-order chi connectivity index (χ1) is 13.1. The Morgan fingerprint density at radius 1 is 1.04 bits per heavy atom. The molecule has 0 fully saturated rings. The lowest BCUT2D eigenvalue weighted by molar-refractivity contribution is -0.116. The number of hydrogen-bond donors (Lipinski definition) is 2. The van der Waals surface area contributed by atoms with Crippen LogP contribution in [0.1, 0.15) is 15.4 Å². The van der Waals surface area contributed by atoms with E-state index in [0.717, 1.165) is 15.3 Å². The Kier molecular flexibility index (Phi) is 6.46. The Labute approximate surface area is 165 Å². The molecule has 7 heteroatoms. The van der Waals surface area contributed by atoms with Crippen LogP contribution in [0.4, 0.5) is 0 Å². The van der Waals surface area contributed by atoms with E-state index in [1.54, 1.807) is 29.5 Å². The third-order valence-corrected chi connectivity index (χ3v) is 5.03. The average Bonchev–Trinajstić information content (AvgIpc) is 3.35. The lowest BCUT2D eigenvalue weighted by Gasteiger charge is -2.03. The molecular weight excluding hydrogens is 384 g/mol. The molecule has 0 aliphatic heterocycles. The Morgan fingerprint density at radius 3 is 2.63 bits per heavy atom. The Bertz CT molecular complexity index is 948. The Morgan fingerprint density at radius 2 is 1.85 bits per heavy atom. The van der Waals surface area contributed by atoms with Gasteiger partial charge in [-0.3, -0.25) is 9.59 Å². The molecule has 0 bridgehead atoms. The molecule has 0 saturated carbocycles. The second-order valence-electron chi connectivity index (χ2n) is 5.54. The fourth-order valence-electron chi connectivity index (χ4n) is 2.32. The van der Waals surface area contributed by atoms with Gasteiger partial charge in [-0.05, 0) is 36.4 Å². The van der Waals surface area contributed by atoms with Crippen molar-refractivity contribution in [1.29, 1.82) is 0 Å². The zero-order valence-electron chi connectivity index (χ0n) is 14.3. The molecule has 0 atom stereocenters. The summed E-state index contributed by atoms with van der Waals surface area (Å²) in [5, 5.41) is 6.07. The number of rotatable bonds is 7. The molecule has 0 radical (unpaired) electrons. The van der Waals surface area contributed by atoms with Crippen molar-refractivity contribution in [3.8, 4) is 10.4 Å². The summed E-state index contributed by atoms with van der Waals surface area (Å²) in [6, 6.07) is 14.8. The maximum Gasteiger partial charge on any atom is 0.287 e. The molecule has 2 N–H and O–H groups in total. The van der Waals surface area contributed by atoms with Crippen molar-refractivity contribution in [2.24, 2.45) is 0 Å². The maximum atomic E-state index is 11.9. The van der Waals surface area contributed by atoms with Gasteiger partial charge in [-0.25, -0.2) is 0 Å². The Hall–Kier alpha value is -2.83. The van der Waals surface area contributed by atoms with Crippen LogP contribution in [-0.4, -0.2) is 24.9 Å². The zero-order chi connectivity index (χ0) is 19.1. The summed E-state index contributed by atoms with van der Waals surface area (Å²) < 4.78 is 4.98. The van der Waals surface area contributed by atoms with Crippen LogP contribution in [0.15, 0.2) is 65.3 Å². The number of furan rings is 1. The second kappa shape index (κ2) is 9.21. The van der Waals surface area contributed by atoms with E-state index >= 15 is 0 Å². The first-order valence-electron chi connectivity index (χ1n) is 8.26. The standard InChI is InChI=1S/C20H17ClN2O3S/c21-16-5-2-1-4-15(16)18-9-7-14(27-18)8-10-19(24)22-11-12-23-20(25)17-6-3-13-26-17/h1-10,13H,11-12H2,(H,22,24)(H,23,25). The molecule has 2 amide bonds. The lowest BCUT2D eigenvalue weighted by Crippen LogP contribution is -2.33. The van der Waals surface area contributed by atoms with Gasteiger partial charge in [-0.2, -0.15) is 0 Å². The van der Waals surface area contributed by atoms with Gasteiger partial charge < -0.3 is 15.1 Å². The SMILES string of the molecule is O=C(C=Cc1ccc(-c2ccccc2Cl)s1)NCCNC(=O)c1ccco1. The van der Waals surface area contributed by atoms with Crippen molar-refractivity contribution >= 4 is 40.8 Å². The van der Waals surface area contributed by atoms with E-state index in [2.05, 4.69) is 10.6 Å². The molecule has 2 heterocycles. The summed E-state index contributed by atoms with van der Waals surface area (Å²) in [5.74, 6) is -0.293. The molecule has 5 nitrogen and oxygen atoms in total. The highest BCUT2D eigenvalue weighted by atomic mass is 35.5. The number of carbonyl (C=O) groups is 2. The Balaban J connectivity index is 1.45. The zero-order valence-corrected chi connectivity index (χ0v) is 15.8. The van der Waals surface area contributed by atoms with Gasteiger partial charge in [-0.15, -0.1) is 11.3 Å². The largest absolute Gasteiger partial charge is 0.459 e. The van der Waals surface area contributed by atoms with Crippen molar-refractivity contribution in [2.75, 3.05) is 13.1 Å². The van der Waals surface area contributed by atoms with Crippen LogP contribution in [-0.2, 0) is 4.79 Å². The van der Waals surface area contributed by atoms with Crippen LogP contribution in [0.3, 0.4) is 0 Å². The summed E-state index contributed by atoms with van der Waals surface area (Å²) in [6.45, 7) is 0.639. The summed E-state index contributed by atoms with van der Waals surface area (Å²) >= 11 is 7.76. The molecule has 3 rings (SSSR count). The van der Waals surface area contributed by atoms with Crippen molar-refractivity contribution in [3.63, 3.8) is 0 Å². The molecule has 138 valence electrons. The number of thiophene rings is 1. The van der Waals surface area contributed by atoms with Gasteiger partial charge in [0.2, 0.25) is 5.91 Å². The van der Waals surface area contributed by atoms with Gasteiger partial charge in [-0.1, -0.05) is 29.8 Å². The minimum absolute atomic E-state index is 0.227. The summed E-state index contributed by atoms with van der Waals surface area (Å²) in [6.07, 6.45) is 4.65. The van der Waals surface area contributed by atoms with Gasteiger partial charge in [0.1, 0.15) is 0 Å². The molecule has 0 saturated heterocycles. The quantitative estimate of drug-likeness (QED) is 0.460. The molecule has 3 aromatic rings. The minimum atomic E-state index is -0.310. The van der Waals surface area contributed by atoms with E-state index in [1.807, 2.05) is 36.4 Å². The first kappa shape index (κ1) is 18.9. The van der Waals surface area contributed by atoms with E-state index in [0.29, 0.717) is 18.1 Å². The maximum absolute atomic E-state index is 11.9. The van der Waals surface area contributed by atoms with Crippen molar-refractivity contribution in [1.82, 2.24) is 10.6 Å². The smallest absolute Gasteiger partial charge is 0.287 e. The van der Waals surface area contributed by atoms with Gasteiger partial charge in [0, 0.05) is 39.5 Å². The number of nitrogens with one attached hydrogen (secondary N) is 2. The normalized spacial score (nSPS) is 10.9. The number of hydrogen-bond acceptors (Lipinski definition) is 4. The molecule has 0 unspecified atom stereocenters. The molecule has 0 aliphatic rings. The molecule has 2 aromatic heterocycles. The fourth-order valence-corrected chi connectivity index (χ4v) is 3.57. The van der Waals surface area contributed by atoms with Crippen LogP contribution in [0.2, 0.25) is 5.02 Å². The third-order valence-electron chi connectivity index (χ3n) is 3.62. The molecular formula is C20H17ClN2O3S. The van der Waals surface area contributed by atoms with Gasteiger partial charge in [0.25, 0.3) is 5.91 Å². The highest BCUT2D eigenvalue weighted by molar-refractivity contribution is 7.16. The van der Waals surface area contributed by atoms with Crippen molar-refractivity contribution < 1.29 is 14.0 Å². The molecule has 1 aromatic carbocycles. The number of carbonyl (C=O) groups excluding carboxylic acids is 2. The van der Waals surface area contributed by atoms with Gasteiger partial charge in [0.15, 0.2) is 5.76 Å².